The van der Waals surface area contributed by atoms with E-state index in [2.05, 4.69) is 10.6 Å². The molecule has 6 heteroatoms. The number of rotatable bonds is 7. The zero-order valence-corrected chi connectivity index (χ0v) is 14.0. The van der Waals surface area contributed by atoms with Gasteiger partial charge in [-0.3, -0.25) is 9.59 Å². The van der Waals surface area contributed by atoms with E-state index in [1.165, 1.54) is 0 Å². The molecule has 0 saturated heterocycles. The van der Waals surface area contributed by atoms with Crippen molar-refractivity contribution < 1.29 is 9.59 Å². The van der Waals surface area contributed by atoms with Gasteiger partial charge in [-0.05, 0) is 30.5 Å². The highest BCUT2D eigenvalue weighted by Gasteiger charge is 2.15. The van der Waals surface area contributed by atoms with Crippen molar-refractivity contribution in [3.63, 3.8) is 0 Å². The first-order chi connectivity index (χ1) is 10.3. The monoisotopic (exact) mass is 325 g/mol. The average Bonchev–Trinajstić information content (AvgIpc) is 2.45. The SMILES string of the molecule is CCCC(N)C(=O)Nc1ccc(C(=O)NCC(C)C)c(Cl)c1. The average molecular weight is 326 g/mol. The highest BCUT2D eigenvalue weighted by molar-refractivity contribution is 6.34. The van der Waals surface area contributed by atoms with E-state index in [0.717, 1.165) is 6.42 Å². The van der Waals surface area contributed by atoms with Crippen LogP contribution in [0.2, 0.25) is 5.02 Å². The summed E-state index contributed by atoms with van der Waals surface area (Å²) in [6, 6.07) is 4.26. The van der Waals surface area contributed by atoms with E-state index in [4.69, 9.17) is 17.3 Å². The van der Waals surface area contributed by atoms with Crippen LogP contribution in [0.4, 0.5) is 5.69 Å². The number of anilines is 1. The largest absolute Gasteiger partial charge is 0.352 e. The summed E-state index contributed by atoms with van der Waals surface area (Å²) in [4.78, 5) is 23.8. The Morgan fingerprint density at radius 1 is 1.32 bits per heavy atom. The first-order valence-electron chi connectivity index (χ1n) is 7.49. The molecule has 4 N–H and O–H groups in total. The molecule has 0 radical (unpaired) electrons. The molecule has 0 bridgehead atoms. The molecule has 0 aliphatic heterocycles. The lowest BCUT2D eigenvalue weighted by Gasteiger charge is -2.13. The molecule has 122 valence electrons. The molecule has 0 aliphatic rings. The van der Waals surface area contributed by atoms with Crippen LogP contribution in [0.3, 0.4) is 0 Å². The lowest BCUT2D eigenvalue weighted by molar-refractivity contribution is -0.117. The van der Waals surface area contributed by atoms with E-state index in [9.17, 15) is 9.59 Å². The minimum absolute atomic E-state index is 0.223. The predicted molar refractivity (Wildman–Crippen MR) is 90.1 cm³/mol. The van der Waals surface area contributed by atoms with E-state index in [0.29, 0.717) is 35.2 Å². The van der Waals surface area contributed by atoms with Crippen LogP contribution in [-0.4, -0.2) is 24.4 Å². The second kappa shape index (κ2) is 8.76. The molecular weight excluding hydrogens is 302 g/mol. The Bertz CT molecular complexity index is 532. The molecule has 2 amide bonds. The molecule has 5 nitrogen and oxygen atoms in total. The van der Waals surface area contributed by atoms with Crippen molar-refractivity contribution in [3.8, 4) is 0 Å². The van der Waals surface area contributed by atoms with Gasteiger partial charge >= 0.3 is 0 Å². The number of carbonyl (C=O) groups excluding carboxylic acids is 2. The number of benzene rings is 1. The van der Waals surface area contributed by atoms with Gasteiger partial charge in [0.25, 0.3) is 5.91 Å². The van der Waals surface area contributed by atoms with E-state index < -0.39 is 6.04 Å². The Balaban J connectivity index is 2.73. The highest BCUT2D eigenvalue weighted by Crippen LogP contribution is 2.21. The number of halogens is 1. The Morgan fingerprint density at radius 3 is 2.55 bits per heavy atom. The zero-order valence-electron chi connectivity index (χ0n) is 13.3. The van der Waals surface area contributed by atoms with Gasteiger partial charge in [0, 0.05) is 12.2 Å². The van der Waals surface area contributed by atoms with Crippen LogP contribution in [-0.2, 0) is 4.79 Å². The van der Waals surface area contributed by atoms with Gasteiger partial charge in [-0.1, -0.05) is 38.8 Å². The molecule has 0 fully saturated rings. The minimum Gasteiger partial charge on any atom is -0.352 e. The highest BCUT2D eigenvalue weighted by atomic mass is 35.5. The van der Waals surface area contributed by atoms with E-state index in [1.54, 1.807) is 18.2 Å². The van der Waals surface area contributed by atoms with Crippen molar-refractivity contribution in [2.75, 3.05) is 11.9 Å². The second-order valence-electron chi connectivity index (χ2n) is 5.68. The fourth-order valence-electron chi connectivity index (χ4n) is 1.85. The number of nitrogens with two attached hydrogens (primary N) is 1. The summed E-state index contributed by atoms with van der Waals surface area (Å²) in [6.07, 6.45) is 1.46. The number of nitrogens with one attached hydrogen (secondary N) is 2. The molecule has 22 heavy (non-hydrogen) atoms. The smallest absolute Gasteiger partial charge is 0.252 e. The summed E-state index contributed by atoms with van der Waals surface area (Å²) in [6.45, 7) is 6.58. The lowest BCUT2D eigenvalue weighted by Crippen LogP contribution is -2.35. The molecule has 0 saturated carbocycles. The first kappa shape index (κ1) is 18.5. The van der Waals surface area contributed by atoms with Crippen LogP contribution in [0, 0.1) is 5.92 Å². The number of carbonyl (C=O) groups is 2. The second-order valence-corrected chi connectivity index (χ2v) is 6.09. The maximum absolute atomic E-state index is 12.0. The van der Waals surface area contributed by atoms with Crippen LogP contribution < -0.4 is 16.4 Å². The molecule has 1 rings (SSSR count). The third kappa shape index (κ3) is 5.66. The van der Waals surface area contributed by atoms with Crippen molar-refractivity contribution in [2.45, 2.75) is 39.7 Å². The van der Waals surface area contributed by atoms with Gasteiger partial charge in [-0.25, -0.2) is 0 Å². The van der Waals surface area contributed by atoms with E-state index in [-0.39, 0.29) is 11.8 Å². The van der Waals surface area contributed by atoms with Gasteiger partial charge < -0.3 is 16.4 Å². The van der Waals surface area contributed by atoms with Crippen LogP contribution in [0.5, 0.6) is 0 Å². The van der Waals surface area contributed by atoms with Crippen molar-refractivity contribution in [3.05, 3.63) is 28.8 Å². The molecule has 1 aromatic carbocycles. The van der Waals surface area contributed by atoms with Crippen molar-refractivity contribution in [2.24, 2.45) is 11.7 Å². The van der Waals surface area contributed by atoms with Gasteiger partial charge in [0.05, 0.1) is 16.6 Å². The molecule has 0 aromatic heterocycles. The third-order valence-corrected chi connectivity index (χ3v) is 3.40. The Hall–Kier alpha value is -1.59. The zero-order chi connectivity index (χ0) is 16.7. The summed E-state index contributed by atoms with van der Waals surface area (Å²) in [5.74, 6) is -0.115. The van der Waals surface area contributed by atoms with E-state index in [1.807, 2.05) is 20.8 Å². The molecular formula is C16H24ClN3O2. The van der Waals surface area contributed by atoms with E-state index >= 15 is 0 Å². The molecule has 1 unspecified atom stereocenters. The van der Waals surface area contributed by atoms with Crippen LogP contribution >= 0.6 is 11.6 Å². The summed E-state index contributed by atoms with van der Waals surface area (Å²) >= 11 is 6.12. The first-order valence-corrected chi connectivity index (χ1v) is 7.87. The fourth-order valence-corrected chi connectivity index (χ4v) is 2.11. The van der Waals surface area contributed by atoms with Gasteiger partial charge in [0.15, 0.2) is 0 Å². The minimum atomic E-state index is -0.544. The molecule has 0 aliphatic carbocycles. The van der Waals surface area contributed by atoms with Gasteiger partial charge in [-0.2, -0.15) is 0 Å². The van der Waals surface area contributed by atoms with Crippen molar-refractivity contribution in [1.29, 1.82) is 0 Å². The molecule has 0 heterocycles. The lowest BCUT2D eigenvalue weighted by atomic mass is 10.1. The van der Waals surface area contributed by atoms with Crippen LogP contribution in [0.25, 0.3) is 0 Å². The van der Waals surface area contributed by atoms with Gasteiger partial charge in [0.1, 0.15) is 0 Å². The maximum atomic E-state index is 12.0. The standard InChI is InChI=1S/C16H24ClN3O2/c1-4-5-14(18)16(22)20-11-6-7-12(13(17)8-11)15(21)19-9-10(2)3/h6-8,10,14H,4-5,9,18H2,1-3H3,(H,19,21)(H,20,22). The number of hydrogen-bond donors (Lipinski definition) is 3. The summed E-state index contributed by atoms with van der Waals surface area (Å²) in [5.41, 5.74) is 6.67. The maximum Gasteiger partial charge on any atom is 0.252 e. The Kier molecular flexibility index (Phi) is 7.35. The molecule has 1 atom stereocenters. The molecule has 1 aromatic rings. The van der Waals surface area contributed by atoms with Crippen molar-refractivity contribution >= 4 is 29.1 Å². The Morgan fingerprint density at radius 2 is 2.00 bits per heavy atom. The van der Waals surface area contributed by atoms with Crippen molar-refractivity contribution in [1.82, 2.24) is 5.32 Å². The van der Waals surface area contributed by atoms with Crippen LogP contribution in [0.1, 0.15) is 44.0 Å². The summed E-state index contributed by atoms with van der Waals surface area (Å²) in [5, 5.41) is 5.80. The topological polar surface area (TPSA) is 84.2 Å². The Labute approximate surface area is 136 Å². The number of hydrogen-bond acceptors (Lipinski definition) is 3. The summed E-state index contributed by atoms with van der Waals surface area (Å²) in [7, 11) is 0. The molecule has 0 spiro atoms. The predicted octanol–water partition coefficient (Wildman–Crippen LogP) is 2.79. The van der Waals surface area contributed by atoms with Crippen LogP contribution in [0.15, 0.2) is 18.2 Å². The quantitative estimate of drug-likeness (QED) is 0.720. The fraction of sp³-hybridized carbons (Fsp3) is 0.500. The number of amides is 2. The normalized spacial score (nSPS) is 12.1. The van der Waals surface area contributed by atoms with Gasteiger partial charge in [-0.15, -0.1) is 0 Å². The van der Waals surface area contributed by atoms with Gasteiger partial charge in [0.2, 0.25) is 5.91 Å². The summed E-state index contributed by atoms with van der Waals surface area (Å²) < 4.78 is 0. The third-order valence-electron chi connectivity index (χ3n) is 3.09.